The van der Waals surface area contributed by atoms with Crippen LogP contribution < -0.4 is 5.06 Å². The van der Waals surface area contributed by atoms with Gasteiger partial charge in [0, 0.05) is 5.56 Å². The van der Waals surface area contributed by atoms with Crippen LogP contribution in [0.5, 0.6) is 0 Å². The highest BCUT2D eigenvalue weighted by molar-refractivity contribution is 5.53. The quantitative estimate of drug-likeness (QED) is 0.620. The SMILES string of the molecule is O=C(O)[NH+]([O-])Cc1ccccc1. The van der Waals surface area contributed by atoms with E-state index >= 15 is 0 Å². The van der Waals surface area contributed by atoms with E-state index in [0.29, 0.717) is 0 Å². The second-order valence-electron chi connectivity index (χ2n) is 2.39. The Balaban J connectivity index is 2.58. The molecule has 4 heteroatoms. The van der Waals surface area contributed by atoms with Gasteiger partial charge in [-0.25, -0.2) is 0 Å². The average Bonchev–Trinajstić information content (AvgIpc) is 2.06. The molecule has 12 heavy (non-hydrogen) atoms. The van der Waals surface area contributed by atoms with Crippen molar-refractivity contribution in [3.8, 4) is 0 Å². The zero-order valence-electron chi connectivity index (χ0n) is 6.36. The minimum absolute atomic E-state index is 0.0316. The Kier molecular flexibility index (Phi) is 2.79. The molecule has 1 unspecified atom stereocenters. The van der Waals surface area contributed by atoms with E-state index in [2.05, 4.69) is 0 Å². The molecule has 1 aromatic rings. The number of benzene rings is 1. The van der Waals surface area contributed by atoms with Gasteiger partial charge in [-0.2, -0.15) is 4.79 Å². The fourth-order valence-corrected chi connectivity index (χ4v) is 0.857. The zero-order valence-corrected chi connectivity index (χ0v) is 6.36. The van der Waals surface area contributed by atoms with Crippen LogP contribution in [0, 0.1) is 5.21 Å². The van der Waals surface area contributed by atoms with Gasteiger partial charge in [-0.05, 0) is 0 Å². The topological polar surface area (TPSA) is 64.8 Å². The van der Waals surface area contributed by atoms with Crippen molar-refractivity contribution in [3.63, 3.8) is 0 Å². The molecule has 0 aliphatic rings. The molecule has 0 spiro atoms. The lowest BCUT2D eigenvalue weighted by molar-refractivity contribution is -0.783. The Hall–Kier alpha value is -1.39. The molecular weight excluding hydrogens is 158 g/mol. The third-order valence-corrected chi connectivity index (χ3v) is 1.45. The van der Waals surface area contributed by atoms with Gasteiger partial charge >= 0.3 is 6.09 Å². The highest BCUT2D eigenvalue weighted by atomic mass is 16.6. The molecule has 4 nitrogen and oxygen atoms in total. The first-order valence-electron chi connectivity index (χ1n) is 3.50. The molecule has 0 aliphatic carbocycles. The lowest BCUT2D eigenvalue weighted by Gasteiger charge is -2.14. The van der Waals surface area contributed by atoms with E-state index in [1.807, 2.05) is 6.07 Å². The molecule has 2 N–H and O–H groups in total. The summed E-state index contributed by atoms with van der Waals surface area (Å²) in [6, 6.07) is 8.80. The fraction of sp³-hybridized carbons (Fsp3) is 0.125. The normalized spacial score (nSPS) is 12.4. The summed E-state index contributed by atoms with van der Waals surface area (Å²) < 4.78 is 0. The average molecular weight is 167 g/mol. The van der Waals surface area contributed by atoms with Gasteiger partial charge in [0.15, 0.2) is 0 Å². The Labute approximate surface area is 69.6 Å². The van der Waals surface area contributed by atoms with Crippen molar-refractivity contribution in [1.82, 2.24) is 0 Å². The van der Waals surface area contributed by atoms with Crippen LogP contribution in [0.2, 0.25) is 0 Å². The van der Waals surface area contributed by atoms with Crippen LogP contribution in [0.25, 0.3) is 0 Å². The number of nitrogens with one attached hydrogen (secondary N) is 1. The molecule has 0 radical (unpaired) electrons. The van der Waals surface area contributed by atoms with E-state index in [0.717, 1.165) is 5.56 Å². The maximum atomic E-state index is 10.7. The van der Waals surface area contributed by atoms with E-state index in [1.54, 1.807) is 24.3 Å². The van der Waals surface area contributed by atoms with Crippen molar-refractivity contribution in [1.29, 1.82) is 0 Å². The summed E-state index contributed by atoms with van der Waals surface area (Å²) in [7, 11) is 0. The molecule has 1 aromatic carbocycles. The number of carbonyl (C=O) groups is 1. The van der Waals surface area contributed by atoms with Gasteiger partial charge in [0.1, 0.15) is 6.54 Å². The highest BCUT2D eigenvalue weighted by Crippen LogP contribution is 1.94. The fourth-order valence-electron chi connectivity index (χ4n) is 0.857. The number of quaternary nitrogens is 1. The van der Waals surface area contributed by atoms with Gasteiger partial charge in [0.05, 0.1) is 0 Å². The number of carboxylic acid groups (broad SMARTS) is 1. The van der Waals surface area contributed by atoms with Gasteiger partial charge in [-0.15, -0.1) is 0 Å². The van der Waals surface area contributed by atoms with Gasteiger partial charge < -0.3 is 10.3 Å². The molecule has 1 rings (SSSR count). The Bertz CT molecular complexity index is 260. The highest BCUT2D eigenvalue weighted by Gasteiger charge is 2.06. The first kappa shape index (κ1) is 8.70. The third-order valence-electron chi connectivity index (χ3n) is 1.45. The van der Waals surface area contributed by atoms with Crippen LogP contribution >= 0.6 is 0 Å². The summed E-state index contributed by atoms with van der Waals surface area (Å²) >= 11 is 0. The lowest BCUT2D eigenvalue weighted by Crippen LogP contribution is -3.08. The molecule has 0 fully saturated rings. The third kappa shape index (κ3) is 2.34. The smallest absolute Gasteiger partial charge is 0.512 e. The molecule has 0 saturated heterocycles. The summed E-state index contributed by atoms with van der Waals surface area (Å²) in [6.45, 7) is -0.0316. The summed E-state index contributed by atoms with van der Waals surface area (Å²) in [5, 5.41) is 18.2. The van der Waals surface area contributed by atoms with Gasteiger partial charge in [-0.3, -0.25) is 5.06 Å². The van der Waals surface area contributed by atoms with Crippen molar-refractivity contribution >= 4 is 6.09 Å². The zero-order chi connectivity index (χ0) is 8.97. The summed E-state index contributed by atoms with van der Waals surface area (Å²) in [4.78, 5) is 10.2. The Morgan fingerprint density at radius 1 is 1.42 bits per heavy atom. The van der Waals surface area contributed by atoms with Gasteiger partial charge in [0.2, 0.25) is 0 Å². The largest absolute Gasteiger partial charge is 0.624 e. The van der Waals surface area contributed by atoms with Crippen LogP contribution in [-0.4, -0.2) is 11.2 Å². The molecule has 64 valence electrons. The number of rotatable bonds is 2. The number of amides is 1. The van der Waals surface area contributed by atoms with Crippen LogP contribution in [0.4, 0.5) is 4.79 Å². The van der Waals surface area contributed by atoms with Crippen LogP contribution in [0.1, 0.15) is 5.56 Å². The van der Waals surface area contributed by atoms with Crippen molar-refractivity contribution in [2.75, 3.05) is 0 Å². The molecule has 0 saturated carbocycles. The van der Waals surface area contributed by atoms with Gasteiger partial charge in [0.25, 0.3) is 0 Å². The number of hydrogen-bond acceptors (Lipinski definition) is 2. The monoisotopic (exact) mass is 167 g/mol. The maximum absolute atomic E-state index is 10.7. The second kappa shape index (κ2) is 3.85. The van der Waals surface area contributed by atoms with Crippen molar-refractivity contribution in [2.24, 2.45) is 0 Å². The van der Waals surface area contributed by atoms with Crippen LogP contribution in [-0.2, 0) is 6.54 Å². The summed E-state index contributed by atoms with van der Waals surface area (Å²) in [5.41, 5.74) is 0.727. The number of hydroxylamine groups is 2. The Morgan fingerprint density at radius 3 is 2.50 bits per heavy atom. The standard InChI is InChI=1S/C8H9NO3/c10-8(11)9(12)6-7-4-2-1-3-5-7/h1-5,9H,6H2,(H,10,11). The predicted molar refractivity (Wildman–Crippen MR) is 42.5 cm³/mol. The predicted octanol–water partition coefficient (Wildman–Crippen LogP) is 0.247. The molecule has 0 bridgehead atoms. The van der Waals surface area contributed by atoms with Crippen molar-refractivity contribution in [3.05, 3.63) is 41.1 Å². The van der Waals surface area contributed by atoms with E-state index in [1.165, 1.54) is 0 Å². The molecule has 0 aliphatic heterocycles. The van der Waals surface area contributed by atoms with Crippen molar-refractivity contribution < 1.29 is 15.0 Å². The minimum atomic E-state index is -1.38. The van der Waals surface area contributed by atoms with E-state index in [9.17, 15) is 10.0 Å². The van der Waals surface area contributed by atoms with Crippen LogP contribution in [0.15, 0.2) is 30.3 Å². The molecule has 0 heterocycles. The van der Waals surface area contributed by atoms with Crippen LogP contribution in [0.3, 0.4) is 0 Å². The van der Waals surface area contributed by atoms with Gasteiger partial charge in [-0.1, -0.05) is 30.3 Å². The molecule has 0 aromatic heterocycles. The number of hydrogen-bond donors (Lipinski definition) is 2. The van der Waals surface area contributed by atoms with E-state index < -0.39 is 11.2 Å². The van der Waals surface area contributed by atoms with E-state index in [4.69, 9.17) is 5.11 Å². The first-order valence-corrected chi connectivity index (χ1v) is 3.50. The Morgan fingerprint density at radius 2 is 2.00 bits per heavy atom. The van der Waals surface area contributed by atoms with E-state index in [-0.39, 0.29) is 6.54 Å². The van der Waals surface area contributed by atoms with Crippen molar-refractivity contribution in [2.45, 2.75) is 6.54 Å². The second-order valence-corrected chi connectivity index (χ2v) is 2.39. The first-order chi connectivity index (χ1) is 5.70. The molecule has 1 atom stereocenters. The summed E-state index contributed by atoms with van der Waals surface area (Å²) in [6.07, 6.45) is -1.38. The maximum Gasteiger partial charge on any atom is 0.512 e. The minimum Gasteiger partial charge on any atom is -0.624 e. The molecule has 1 amide bonds. The summed E-state index contributed by atoms with van der Waals surface area (Å²) in [5.74, 6) is 0. The lowest BCUT2D eigenvalue weighted by atomic mass is 10.2. The molecular formula is C8H9NO3.